The monoisotopic (exact) mass is 343 g/mol. The van der Waals surface area contributed by atoms with Crippen LogP contribution in [0, 0.1) is 11.8 Å². The Kier molecular flexibility index (Phi) is 5.01. The largest absolute Gasteiger partial charge is 0.316 e. The fourth-order valence-corrected chi connectivity index (χ4v) is 4.18. The van der Waals surface area contributed by atoms with E-state index in [0.29, 0.717) is 6.67 Å². The highest BCUT2D eigenvalue weighted by molar-refractivity contribution is 6.05. The number of hydrogen-bond donors (Lipinski definition) is 1. The third-order valence-corrected chi connectivity index (χ3v) is 5.69. The molecular formula is C21H31N2O2+. The fraction of sp³-hybridized carbons (Fsp3) is 0.619. The molecule has 0 radical (unpaired) electrons. The molecule has 3 atom stereocenters. The topological polar surface area (TPSA) is 41.8 Å². The fourth-order valence-electron chi connectivity index (χ4n) is 4.18. The van der Waals surface area contributed by atoms with Gasteiger partial charge in [0, 0.05) is 5.56 Å². The zero-order chi connectivity index (χ0) is 18.2. The molecule has 1 heterocycles. The first-order valence-electron chi connectivity index (χ1n) is 9.53. The van der Waals surface area contributed by atoms with E-state index in [1.165, 1.54) is 20.9 Å². The number of carbonyl (C=O) groups excluding carboxylic acids is 2. The van der Waals surface area contributed by atoms with E-state index in [9.17, 15) is 9.59 Å². The summed E-state index contributed by atoms with van der Waals surface area (Å²) >= 11 is 0. The van der Waals surface area contributed by atoms with Gasteiger partial charge in [-0.3, -0.25) is 9.59 Å². The Hall–Kier alpha value is -1.68. The van der Waals surface area contributed by atoms with Crippen molar-refractivity contribution in [2.24, 2.45) is 11.8 Å². The van der Waals surface area contributed by atoms with Gasteiger partial charge in [0.15, 0.2) is 6.67 Å². The second-order valence-electron chi connectivity index (χ2n) is 8.84. The number of likely N-dealkylation sites (tertiary alicyclic amines) is 1. The van der Waals surface area contributed by atoms with Crippen LogP contribution in [0.25, 0.3) is 0 Å². The molecule has 1 aliphatic heterocycles. The van der Waals surface area contributed by atoms with Gasteiger partial charge in [0.2, 0.25) is 11.8 Å². The zero-order valence-corrected chi connectivity index (χ0v) is 16.0. The molecule has 1 saturated heterocycles. The Labute approximate surface area is 151 Å². The minimum atomic E-state index is -0.0416. The van der Waals surface area contributed by atoms with Gasteiger partial charge in [-0.1, -0.05) is 57.9 Å². The van der Waals surface area contributed by atoms with Gasteiger partial charge in [-0.25, -0.2) is 4.90 Å². The Morgan fingerprint density at radius 1 is 1.00 bits per heavy atom. The van der Waals surface area contributed by atoms with Gasteiger partial charge in [-0.15, -0.1) is 0 Å². The Morgan fingerprint density at radius 2 is 1.52 bits per heavy atom. The van der Waals surface area contributed by atoms with E-state index in [2.05, 4.69) is 52.1 Å². The summed E-state index contributed by atoms with van der Waals surface area (Å²) in [5.74, 6) is 0.0505. The number of nitrogens with one attached hydrogen (secondary N) is 1. The summed E-state index contributed by atoms with van der Waals surface area (Å²) in [7, 11) is 2.06. The van der Waals surface area contributed by atoms with Gasteiger partial charge in [0.1, 0.15) is 6.54 Å². The van der Waals surface area contributed by atoms with Crippen LogP contribution < -0.4 is 4.90 Å². The molecule has 4 nitrogen and oxygen atoms in total. The number of benzene rings is 1. The predicted octanol–water partition coefficient (Wildman–Crippen LogP) is 2.13. The number of nitrogens with zero attached hydrogens (tertiary/aromatic N) is 1. The molecular weight excluding hydrogens is 312 g/mol. The molecule has 2 fully saturated rings. The maximum Gasteiger partial charge on any atom is 0.237 e. The lowest BCUT2D eigenvalue weighted by atomic mass is 9.81. The summed E-state index contributed by atoms with van der Waals surface area (Å²) < 4.78 is 0. The second-order valence-corrected chi connectivity index (χ2v) is 8.84. The maximum absolute atomic E-state index is 12.6. The molecule has 2 amide bonds. The van der Waals surface area contributed by atoms with Crippen molar-refractivity contribution in [3.8, 4) is 0 Å². The van der Waals surface area contributed by atoms with E-state index in [4.69, 9.17) is 0 Å². The van der Waals surface area contributed by atoms with E-state index in [1.807, 2.05) is 0 Å². The third-order valence-electron chi connectivity index (χ3n) is 5.69. The number of fused-ring (bicyclic) bond motifs is 1. The van der Waals surface area contributed by atoms with E-state index in [-0.39, 0.29) is 29.1 Å². The first kappa shape index (κ1) is 18.1. The van der Waals surface area contributed by atoms with Crippen molar-refractivity contribution < 1.29 is 14.5 Å². The van der Waals surface area contributed by atoms with Crippen LogP contribution >= 0.6 is 0 Å². The SMILES string of the molecule is C[NH+](Cc1ccc(C(C)(C)C)cc1)CN1C(=O)[C@H]2CCCC[C@@H]2C1=O. The Bertz CT molecular complexity index is 621. The highest BCUT2D eigenvalue weighted by Crippen LogP contribution is 2.37. The van der Waals surface area contributed by atoms with E-state index >= 15 is 0 Å². The van der Waals surface area contributed by atoms with Gasteiger partial charge in [0.05, 0.1) is 18.9 Å². The number of carbonyl (C=O) groups is 2. The van der Waals surface area contributed by atoms with Gasteiger partial charge < -0.3 is 4.90 Å². The van der Waals surface area contributed by atoms with Gasteiger partial charge >= 0.3 is 0 Å². The summed E-state index contributed by atoms with van der Waals surface area (Å²) in [5.41, 5.74) is 2.71. The number of imide groups is 1. The van der Waals surface area contributed by atoms with Crippen LogP contribution in [0.3, 0.4) is 0 Å². The normalized spacial score (nSPS) is 25.2. The van der Waals surface area contributed by atoms with Crippen molar-refractivity contribution in [2.75, 3.05) is 13.7 Å². The quantitative estimate of drug-likeness (QED) is 0.851. The number of hydrogen-bond acceptors (Lipinski definition) is 2. The second kappa shape index (κ2) is 6.91. The van der Waals surface area contributed by atoms with Crippen molar-refractivity contribution >= 4 is 11.8 Å². The molecule has 0 aromatic heterocycles. The van der Waals surface area contributed by atoms with Gasteiger partial charge in [-0.05, 0) is 23.8 Å². The molecule has 1 aliphatic carbocycles. The van der Waals surface area contributed by atoms with Crippen LogP contribution in [0.2, 0.25) is 0 Å². The van der Waals surface area contributed by atoms with Crippen LogP contribution in [-0.4, -0.2) is 30.4 Å². The van der Waals surface area contributed by atoms with Crippen LogP contribution in [0.5, 0.6) is 0 Å². The molecule has 0 bridgehead atoms. The number of amides is 2. The van der Waals surface area contributed by atoms with Crippen molar-refractivity contribution in [1.29, 1.82) is 0 Å². The highest BCUT2D eigenvalue weighted by atomic mass is 16.2. The number of rotatable bonds is 4. The predicted molar refractivity (Wildman–Crippen MR) is 97.9 cm³/mol. The lowest BCUT2D eigenvalue weighted by Gasteiger charge is -2.22. The van der Waals surface area contributed by atoms with Crippen molar-refractivity contribution in [1.82, 2.24) is 4.90 Å². The summed E-state index contributed by atoms with van der Waals surface area (Å²) in [5, 5.41) is 0. The Morgan fingerprint density at radius 3 is 2.00 bits per heavy atom. The number of quaternary nitrogens is 1. The molecule has 1 aromatic rings. The van der Waals surface area contributed by atoms with Crippen molar-refractivity contribution in [3.63, 3.8) is 0 Å². The lowest BCUT2D eigenvalue weighted by molar-refractivity contribution is -0.901. The van der Waals surface area contributed by atoms with E-state index in [1.54, 1.807) is 0 Å². The standard InChI is InChI=1S/C21H30N2O2/c1-21(2,3)16-11-9-15(10-12-16)13-22(4)14-23-19(24)17-7-5-6-8-18(17)20(23)25/h9-12,17-18H,5-8,13-14H2,1-4H3/p+1/t17-,18-/m0/s1. The first-order chi connectivity index (χ1) is 11.8. The maximum atomic E-state index is 12.6. The van der Waals surface area contributed by atoms with E-state index < -0.39 is 0 Å². The molecule has 1 unspecified atom stereocenters. The van der Waals surface area contributed by atoms with Crippen molar-refractivity contribution in [2.45, 2.75) is 58.4 Å². The molecule has 136 valence electrons. The molecule has 4 heteroatoms. The zero-order valence-electron chi connectivity index (χ0n) is 16.0. The smallest absolute Gasteiger partial charge is 0.237 e. The lowest BCUT2D eigenvalue weighted by Crippen LogP contribution is -3.09. The van der Waals surface area contributed by atoms with Crippen LogP contribution in [-0.2, 0) is 21.5 Å². The molecule has 1 N–H and O–H groups in total. The minimum absolute atomic E-state index is 0.0416. The third kappa shape index (κ3) is 3.79. The Balaban J connectivity index is 1.61. The molecule has 1 aromatic carbocycles. The minimum Gasteiger partial charge on any atom is -0.316 e. The highest BCUT2D eigenvalue weighted by Gasteiger charge is 2.48. The van der Waals surface area contributed by atoms with Crippen molar-refractivity contribution in [3.05, 3.63) is 35.4 Å². The van der Waals surface area contributed by atoms with Gasteiger partial charge in [-0.2, -0.15) is 0 Å². The molecule has 1 saturated carbocycles. The average Bonchev–Trinajstić information content (AvgIpc) is 2.80. The first-order valence-corrected chi connectivity index (χ1v) is 9.53. The summed E-state index contributed by atoms with van der Waals surface area (Å²) in [6, 6.07) is 8.70. The van der Waals surface area contributed by atoms with E-state index in [0.717, 1.165) is 32.2 Å². The molecule has 2 aliphatic rings. The van der Waals surface area contributed by atoms with Crippen LogP contribution in [0.1, 0.15) is 57.6 Å². The molecule has 0 spiro atoms. The summed E-state index contributed by atoms with van der Waals surface area (Å²) in [6.45, 7) is 7.93. The van der Waals surface area contributed by atoms with Crippen LogP contribution in [0.15, 0.2) is 24.3 Å². The van der Waals surface area contributed by atoms with Gasteiger partial charge in [0.25, 0.3) is 0 Å². The summed E-state index contributed by atoms with van der Waals surface area (Å²) in [4.78, 5) is 27.9. The molecule has 3 rings (SSSR count). The average molecular weight is 343 g/mol. The van der Waals surface area contributed by atoms with Crippen LogP contribution in [0.4, 0.5) is 0 Å². The molecule has 25 heavy (non-hydrogen) atoms. The summed E-state index contributed by atoms with van der Waals surface area (Å²) in [6.07, 6.45) is 3.94.